The second-order valence-electron chi connectivity index (χ2n) is 4.60. The van der Waals surface area contributed by atoms with Gasteiger partial charge >= 0.3 is 0 Å². The number of aromatic amines is 2. The molecule has 10 heteroatoms. The number of thioether (sulfide) groups is 1. The monoisotopic (exact) mass is 336 g/mol. The zero-order valence-corrected chi connectivity index (χ0v) is 13.4. The number of H-pyrrole nitrogens is 2. The number of hydrogen-bond donors (Lipinski definition) is 3. The fourth-order valence-corrected chi connectivity index (χ4v) is 3.82. The summed E-state index contributed by atoms with van der Waals surface area (Å²) in [5.41, 5.74) is 5.89. The van der Waals surface area contributed by atoms with Crippen molar-refractivity contribution >= 4 is 45.0 Å². The lowest BCUT2D eigenvalue weighted by atomic mass is 10.2. The largest absolute Gasteiger partial charge is 0.368 e. The third-order valence-electron chi connectivity index (χ3n) is 2.99. The van der Waals surface area contributed by atoms with E-state index in [1.807, 2.05) is 0 Å². The Labute approximate surface area is 132 Å². The van der Waals surface area contributed by atoms with Crippen LogP contribution in [0, 0.1) is 6.92 Å². The molecule has 0 spiro atoms. The maximum absolute atomic E-state index is 12.2. The van der Waals surface area contributed by atoms with Gasteiger partial charge in [0.05, 0.1) is 16.0 Å². The molecule has 3 aromatic heterocycles. The summed E-state index contributed by atoms with van der Waals surface area (Å²) in [6.45, 7) is 3.24. The molecule has 0 aromatic carbocycles. The first-order valence-corrected chi connectivity index (χ1v) is 8.10. The molecule has 0 saturated heterocycles. The lowest BCUT2D eigenvalue weighted by Gasteiger charge is -1.98. The smallest absolute Gasteiger partial charge is 0.259 e. The van der Waals surface area contributed by atoms with Gasteiger partial charge in [0.15, 0.2) is 5.78 Å². The Morgan fingerprint density at radius 2 is 2.18 bits per heavy atom. The Bertz CT molecular complexity index is 925. The number of carbonyl (C=O) groups excluding carboxylic acids is 1. The normalized spacial score (nSPS) is 11.2. The predicted molar refractivity (Wildman–Crippen MR) is 85.3 cm³/mol. The maximum atomic E-state index is 12.2. The number of fused-ring (bicyclic) bond motifs is 1. The van der Waals surface area contributed by atoms with Gasteiger partial charge in [-0.1, -0.05) is 11.8 Å². The molecule has 3 heterocycles. The van der Waals surface area contributed by atoms with Crippen molar-refractivity contribution in [3.8, 4) is 0 Å². The molecule has 8 nitrogen and oxygen atoms in total. The van der Waals surface area contributed by atoms with E-state index in [0.717, 1.165) is 0 Å². The van der Waals surface area contributed by atoms with E-state index in [9.17, 15) is 9.59 Å². The summed E-state index contributed by atoms with van der Waals surface area (Å²) in [5.74, 6) is 1.07. The molecule has 0 unspecified atom stereocenters. The molecule has 0 atom stereocenters. The van der Waals surface area contributed by atoms with Crippen LogP contribution in [0.4, 0.5) is 5.95 Å². The number of aryl methyl sites for hydroxylation is 1. The topological polar surface area (TPSA) is 130 Å². The van der Waals surface area contributed by atoms with E-state index < -0.39 is 0 Å². The first-order chi connectivity index (χ1) is 10.5. The van der Waals surface area contributed by atoms with Crippen LogP contribution >= 0.6 is 23.1 Å². The van der Waals surface area contributed by atoms with Crippen molar-refractivity contribution in [1.29, 1.82) is 0 Å². The number of nitrogens with two attached hydrogens (primary N) is 1. The summed E-state index contributed by atoms with van der Waals surface area (Å²) in [7, 11) is 0. The average Bonchev–Trinajstić information content (AvgIpc) is 3.01. The molecular weight excluding hydrogens is 324 g/mol. The molecule has 3 rings (SSSR count). The molecule has 0 aliphatic rings. The van der Waals surface area contributed by atoms with Gasteiger partial charge in [-0.05, 0) is 19.4 Å². The van der Waals surface area contributed by atoms with Gasteiger partial charge in [0.2, 0.25) is 11.1 Å². The third-order valence-corrected chi connectivity index (χ3v) is 5.13. The highest BCUT2D eigenvalue weighted by molar-refractivity contribution is 7.98. The summed E-state index contributed by atoms with van der Waals surface area (Å²) < 4.78 is 0. The van der Waals surface area contributed by atoms with E-state index in [-0.39, 0.29) is 17.3 Å². The highest BCUT2D eigenvalue weighted by Gasteiger charge is 2.17. The second kappa shape index (κ2) is 5.54. The van der Waals surface area contributed by atoms with Crippen LogP contribution in [-0.4, -0.2) is 30.9 Å². The molecular formula is C12H12N6O2S2. The maximum Gasteiger partial charge on any atom is 0.259 e. The number of ketones is 1. The van der Waals surface area contributed by atoms with Crippen LogP contribution in [0.2, 0.25) is 0 Å². The van der Waals surface area contributed by atoms with Crippen LogP contribution in [0.15, 0.2) is 9.95 Å². The van der Waals surface area contributed by atoms with Crippen LogP contribution < -0.4 is 11.3 Å². The third kappa shape index (κ3) is 2.62. The van der Waals surface area contributed by atoms with Crippen LogP contribution in [-0.2, 0) is 5.75 Å². The Kier molecular flexibility index (Phi) is 3.71. The summed E-state index contributed by atoms with van der Waals surface area (Å²) in [4.78, 5) is 36.0. The number of nitrogen functional groups attached to an aromatic ring is 1. The number of rotatable bonds is 4. The first kappa shape index (κ1) is 14.7. The predicted octanol–water partition coefficient (Wildman–Crippen LogP) is 1.49. The first-order valence-electron chi connectivity index (χ1n) is 6.29. The summed E-state index contributed by atoms with van der Waals surface area (Å²) >= 11 is 2.54. The number of hydrogen-bond acceptors (Lipinski definition) is 8. The van der Waals surface area contributed by atoms with Gasteiger partial charge in [-0.3, -0.25) is 9.59 Å². The molecule has 0 aliphatic carbocycles. The number of thiophene rings is 1. The van der Waals surface area contributed by atoms with E-state index >= 15 is 0 Å². The van der Waals surface area contributed by atoms with Crippen LogP contribution in [0.5, 0.6) is 0 Å². The summed E-state index contributed by atoms with van der Waals surface area (Å²) in [5, 5.41) is 7.39. The van der Waals surface area contributed by atoms with Crippen LogP contribution in [0.25, 0.3) is 10.2 Å². The molecule has 114 valence electrons. The Hall–Kier alpha value is -2.20. The van der Waals surface area contributed by atoms with Gasteiger partial charge in [-0.25, -0.2) is 10.1 Å². The zero-order valence-electron chi connectivity index (χ0n) is 11.8. The van der Waals surface area contributed by atoms with E-state index in [1.54, 1.807) is 6.92 Å². The highest BCUT2D eigenvalue weighted by Crippen LogP contribution is 2.28. The van der Waals surface area contributed by atoms with Gasteiger partial charge in [-0.15, -0.1) is 16.4 Å². The number of Topliss-reactive ketones (excluding diaryl/α,β-unsaturated/α-hetero) is 1. The van der Waals surface area contributed by atoms with Crippen molar-refractivity contribution in [2.45, 2.75) is 24.8 Å². The molecule has 3 aromatic rings. The lowest BCUT2D eigenvalue weighted by molar-refractivity contribution is 0.102. The van der Waals surface area contributed by atoms with Gasteiger partial charge in [0, 0.05) is 0 Å². The number of nitrogens with one attached hydrogen (secondary N) is 2. The minimum Gasteiger partial charge on any atom is -0.368 e. The number of carbonyl (C=O) groups is 1. The molecule has 22 heavy (non-hydrogen) atoms. The van der Waals surface area contributed by atoms with Crippen molar-refractivity contribution in [2.75, 3.05) is 5.73 Å². The SMILES string of the molecule is CC(=O)c1sc2nc(CSc3n[nH]c(N)n3)[nH]c(=O)c2c1C. The summed E-state index contributed by atoms with van der Waals surface area (Å²) in [6, 6.07) is 0. The minimum atomic E-state index is -0.239. The molecule has 0 bridgehead atoms. The Balaban J connectivity index is 1.95. The average molecular weight is 336 g/mol. The fraction of sp³-hybridized carbons (Fsp3) is 0.250. The van der Waals surface area contributed by atoms with Gasteiger partial charge in [0.25, 0.3) is 5.56 Å². The van der Waals surface area contributed by atoms with Gasteiger partial charge < -0.3 is 10.7 Å². The fourth-order valence-electron chi connectivity index (χ4n) is 2.05. The zero-order chi connectivity index (χ0) is 15.9. The molecule has 0 aliphatic heterocycles. The number of anilines is 1. The van der Waals surface area contributed by atoms with Crippen LogP contribution in [0.3, 0.4) is 0 Å². The van der Waals surface area contributed by atoms with Crippen LogP contribution in [0.1, 0.15) is 28.0 Å². The molecule has 0 amide bonds. The van der Waals surface area contributed by atoms with Crippen molar-refractivity contribution in [3.05, 3.63) is 26.6 Å². The molecule has 0 saturated carbocycles. The van der Waals surface area contributed by atoms with Crippen molar-refractivity contribution in [1.82, 2.24) is 25.1 Å². The number of aromatic nitrogens is 5. The second-order valence-corrected chi connectivity index (χ2v) is 6.54. The van der Waals surface area contributed by atoms with Crippen molar-refractivity contribution in [3.63, 3.8) is 0 Å². The van der Waals surface area contributed by atoms with Crippen molar-refractivity contribution < 1.29 is 4.79 Å². The summed E-state index contributed by atoms with van der Waals surface area (Å²) in [6.07, 6.45) is 0. The standard InChI is InChI=1S/C12H12N6O2S2/c1-4-7-9(20)14-6(3-21-12-16-11(13)17-18-12)15-10(7)22-8(4)5(2)19/h3H2,1-2H3,(H,14,15,20)(H3,13,16,17,18). The van der Waals surface area contributed by atoms with E-state index in [2.05, 4.69) is 25.1 Å². The van der Waals surface area contributed by atoms with Crippen molar-refractivity contribution in [2.24, 2.45) is 0 Å². The Morgan fingerprint density at radius 1 is 1.41 bits per heavy atom. The number of nitrogens with zero attached hydrogens (tertiary/aromatic N) is 3. The van der Waals surface area contributed by atoms with E-state index in [1.165, 1.54) is 30.0 Å². The molecule has 0 fully saturated rings. The van der Waals surface area contributed by atoms with Gasteiger partial charge in [0.1, 0.15) is 10.7 Å². The minimum absolute atomic E-state index is 0.0629. The van der Waals surface area contributed by atoms with E-state index in [4.69, 9.17) is 5.73 Å². The Morgan fingerprint density at radius 3 is 2.82 bits per heavy atom. The molecule has 0 radical (unpaired) electrons. The van der Waals surface area contributed by atoms with E-state index in [0.29, 0.717) is 37.4 Å². The highest BCUT2D eigenvalue weighted by atomic mass is 32.2. The quantitative estimate of drug-likeness (QED) is 0.486. The van der Waals surface area contributed by atoms with Gasteiger partial charge in [-0.2, -0.15) is 4.98 Å². The lowest BCUT2D eigenvalue weighted by Crippen LogP contribution is -2.11. The molecule has 4 N–H and O–H groups in total.